The van der Waals surface area contributed by atoms with Gasteiger partial charge in [0, 0.05) is 17.5 Å². The largest absolute Gasteiger partial charge is 0.501 e. The molecule has 0 fully saturated rings. The number of aliphatic hydroxyl groups is 1. The number of ether oxygens (including phenoxy) is 1. The molecule has 0 heterocycles. The standard InChI is InChI=1S/C13H11F5O6S/c1-5(11(20)21)24-7-2-3-8(25(22,23)13(16,17)18)9-6(7)4-12(14,15)10(9)19/h2-3,5,10,19H,4H2,1H3,(H,20,21). The third kappa shape index (κ3) is 3.15. The number of sulfone groups is 1. The maximum Gasteiger partial charge on any atom is 0.501 e. The van der Waals surface area contributed by atoms with Gasteiger partial charge in [-0.3, -0.25) is 0 Å². The smallest absolute Gasteiger partial charge is 0.479 e. The average molecular weight is 390 g/mol. The van der Waals surface area contributed by atoms with E-state index in [0.717, 1.165) is 6.92 Å². The van der Waals surface area contributed by atoms with E-state index in [1.54, 1.807) is 0 Å². The molecule has 0 bridgehead atoms. The van der Waals surface area contributed by atoms with Crippen molar-refractivity contribution in [3.63, 3.8) is 0 Å². The Morgan fingerprint density at radius 2 is 1.92 bits per heavy atom. The van der Waals surface area contributed by atoms with E-state index in [-0.39, 0.29) is 0 Å². The molecule has 6 nitrogen and oxygen atoms in total. The summed E-state index contributed by atoms with van der Waals surface area (Å²) >= 11 is 0. The summed E-state index contributed by atoms with van der Waals surface area (Å²) in [6.07, 6.45) is -5.65. The van der Waals surface area contributed by atoms with Gasteiger partial charge in [-0.05, 0) is 19.1 Å². The highest BCUT2D eigenvalue weighted by Crippen LogP contribution is 2.50. The summed E-state index contributed by atoms with van der Waals surface area (Å²) in [5.74, 6) is -5.96. The summed E-state index contributed by atoms with van der Waals surface area (Å²) in [4.78, 5) is 9.27. The Morgan fingerprint density at radius 1 is 1.36 bits per heavy atom. The van der Waals surface area contributed by atoms with Crippen LogP contribution in [0.1, 0.15) is 24.2 Å². The molecule has 1 aliphatic carbocycles. The highest BCUT2D eigenvalue weighted by molar-refractivity contribution is 7.92. The minimum atomic E-state index is -6.01. The van der Waals surface area contributed by atoms with Crippen molar-refractivity contribution >= 4 is 15.8 Å². The van der Waals surface area contributed by atoms with Crippen molar-refractivity contribution in [2.24, 2.45) is 0 Å². The highest BCUT2D eigenvalue weighted by atomic mass is 32.2. The number of aliphatic hydroxyl groups excluding tert-OH is 1. The van der Waals surface area contributed by atoms with Crippen LogP contribution in [-0.4, -0.2) is 42.1 Å². The minimum absolute atomic E-state index is 0.357. The van der Waals surface area contributed by atoms with Gasteiger partial charge in [0.1, 0.15) is 11.9 Å². The molecule has 12 heteroatoms. The van der Waals surface area contributed by atoms with Crippen LogP contribution in [0, 0.1) is 0 Å². The molecule has 140 valence electrons. The zero-order valence-electron chi connectivity index (χ0n) is 12.3. The normalized spacial score (nSPS) is 20.8. The number of carbonyl (C=O) groups is 1. The number of hydrogen-bond donors (Lipinski definition) is 2. The van der Waals surface area contributed by atoms with Crippen LogP contribution in [0.15, 0.2) is 17.0 Å². The monoisotopic (exact) mass is 390 g/mol. The van der Waals surface area contributed by atoms with Gasteiger partial charge in [0.2, 0.25) is 0 Å². The molecule has 0 amide bonds. The molecule has 2 atom stereocenters. The van der Waals surface area contributed by atoms with Crippen molar-refractivity contribution in [1.82, 2.24) is 0 Å². The molecular formula is C13H11F5O6S. The molecule has 1 aromatic rings. The predicted molar refractivity (Wildman–Crippen MR) is 71.0 cm³/mol. The number of benzene rings is 1. The third-order valence-corrected chi connectivity index (χ3v) is 5.15. The lowest BCUT2D eigenvalue weighted by atomic mass is 10.1. The van der Waals surface area contributed by atoms with Gasteiger partial charge in [-0.1, -0.05) is 0 Å². The SMILES string of the molecule is CC(Oc1ccc(S(=O)(=O)C(F)(F)F)c2c1CC(F)(F)C2O)C(=O)O. The Kier molecular flexibility index (Phi) is 4.49. The quantitative estimate of drug-likeness (QED) is 0.764. The lowest BCUT2D eigenvalue weighted by Crippen LogP contribution is -2.27. The number of halogens is 5. The van der Waals surface area contributed by atoms with Crippen molar-refractivity contribution in [2.75, 3.05) is 0 Å². The molecule has 0 spiro atoms. The van der Waals surface area contributed by atoms with Gasteiger partial charge in [-0.15, -0.1) is 0 Å². The predicted octanol–water partition coefficient (Wildman–Crippen LogP) is 2.06. The second kappa shape index (κ2) is 5.80. The second-order valence-corrected chi connectivity index (χ2v) is 7.25. The fraction of sp³-hybridized carbons (Fsp3) is 0.462. The topological polar surface area (TPSA) is 101 Å². The van der Waals surface area contributed by atoms with Crippen molar-refractivity contribution in [1.29, 1.82) is 0 Å². The lowest BCUT2D eigenvalue weighted by molar-refractivity contribution is -0.144. The maximum absolute atomic E-state index is 13.8. The number of carboxylic acid groups (broad SMARTS) is 1. The van der Waals surface area contributed by atoms with Crippen LogP contribution in [0.25, 0.3) is 0 Å². The molecule has 25 heavy (non-hydrogen) atoms. The van der Waals surface area contributed by atoms with Crippen molar-refractivity contribution in [2.45, 2.75) is 41.9 Å². The first kappa shape index (κ1) is 19.4. The Balaban J connectivity index is 2.69. The maximum atomic E-state index is 13.8. The Labute approximate surface area is 137 Å². The van der Waals surface area contributed by atoms with Gasteiger partial charge >= 0.3 is 11.5 Å². The third-order valence-electron chi connectivity index (χ3n) is 3.61. The number of carboxylic acids is 1. The van der Waals surface area contributed by atoms with Gasteiger partial charge in [0.05, 0.1) is 4.90 Å². The van der Waals surface area contributed by atoms with Crippen LogP contribution >= 0.6 is 0 Å². The zero-order chi connectivity index (χ0) is 19.4. The Hall–Kier alpha value is -1.95. The first-order valence-electron chi connectivity index (χ1n) is 6.62. The summed E-state index contributed by atoms with van der Waals surface area (Å²) in [6, 6.07) is 1.02. The van der Waals surface area contributed by atoms with E-state index in [0.29, 0.717) is 12.1 Å². The van der Waals surface area contributed by atoms with E-state index in [1.807, 2.05) is 0 Å². The molecule has 1 aromatic carbocycles. The number of alkyl halides is 5. The summed E-state index contributed by atoms with van der Waals surface area (Å²) in [5, 5.41) is 18.4. The molecule has 2 N–H and O–H groups in total. The van der Waals surface area contributed by atoms with E-state index in [2.05, 4.69) is 0 Å². The molecular weight excluding hydrogens is 379 g/mol. The fourth-order valence-corrected chi connectivity index (χ4v) is 3.38. The molecule has 1 aliphatic rings. The van der Waals surface area contributed by atoms with Gasteiger partial charge in [0.25, 0.3) is 15.8 Å². The first-order chi connectivity index (χ1) is 11.2. The summed E-state index contributed by atoms with van der Waals surface area (Å²) in [7, 11) is -6.01. The number of hydrogen-bond acceptors (Lipinski definition) is 5. The van der Waals surface area contributed by atoms with Gasteiger partial charge in [-0.2, -0.15) is 13.2 Å². The molecule has 0 saturated carbocycles. The van der Waals surface area contributed by atoms with Crippen LogP contribution < -0.4 is 4.74 Å². The van der Waals surface area contributed by atoms with E-state index in [4.69, 9.17) is 9.84 Å². The summed E-state index contributed by atoms with van der Waals surface area (Å²) in [6.45, 7) is 1.04. The first-order valence-corrected chi connectivity index (χ1v) is 8.11. The van der Waals surface area contributed by atoms with Crippen molar-refractivity contribution in [3.05, 3.63) is 23.3 Å². The van der Waals surface area contributed by atoms with Crippen LogP contribution in [0.3, 0.4) is 0 Å². The molecule has 2 unspecified atom stereocenters. The van der Waals surface area contributed by atoms with E-state index < -0.39 is 67.6 Å². The van der Waals surface area contributed by atoms with E-state index in [9.17, 15) is 40.3 Å². The second-order valence-electron chi connectivity index (χ2n) is 5.34. The average Bonchev–Trinajstić information content (AvgIpc) is 2.69. The zero-order valence-corrected chi connectivity index (χ0v) is 13.2. The molecule has 0 radical (unpaired) electrons. The van der Waals surface area contributed by atoms with Crippen LogP contribution in [0.4, 0.5) is 22.0 Å². The highest BCUT2D eigenvalue weighted by Gasteiger charge is 2.55. The van der Waals surface area contributed by atoms with Crippen LogP contribution in [-0.2, 0) is 21.1 Å². The molecule has 0 aliphatic heterocycles. The Morgan fingerprint density at radius 3 is 2.40 bits per heavy atom. The molecule has 0 aromatic heterocycles. The molecule has 2 rings (SSSR count). The fourth-order valence-electron chi connectivity index (χ4n) is 2.36. The molecule has 0 saturated heterocycles. The van der Waals surface area contributed by atoms with Gasteiger partial charge in [0.15, 0.2) is 6.10 Å². The van der Waals surface area contributed by atoms with Crippen molar-refractivity contribution < 1.29 is 50.1 Å². The van der Waals surface area contributed by atoms with Crippen LogP contribution in [0.5, 0.6) is 5.75 Å². The van der Waals surface area contributed by atoms with Crippen LogP contribution in [0.2, 0.25) is 0 Å². The number of aliphatic carboxylic acids is 1. The summed E-state index contributed by atoms with van der Waals surface area (Å²) < 4.78 is 93.9. The number of rotatable bonds is 4. The minimum Gasteiger partial charge on any atom is -0.479 e. The van der Waals surface area contributed by atoms with Crippen molar-refractivity contribution in [3.8, 4) is 5.75 Å². The lowest BCUT2D eigenvalue weighted by Gasteiger charge is -2.18. The Bertz CT molecular complexity index is 817. The van der Waals surface area contributed by atoms with Gasteiger partial charge < -0.3 is 14.9 Å². The number of fused-ring (bicyclic) bond motifs is 1. The van der Waals surface area contributed by atoms with E-state index in [1.165, 1.54) is 0 Å². The summed E-state index contributed by atoms with van der Waals surface area (Å²) in [5.41, 5.74) is -7.59. The van der Waals surface area contributed by atoms with E-state index >= 15 is 0 Å². The van der Waals surface area contributed by atoms with Gasteiger partial charge in [-0.25, -0.2) is 22.0 Å².